The highest BCUT2D eigenvalue weighted by Crippen LogP contribution is 2.29. The van der Waals surface area contributed by atoms with E-state index in [9.17, 15) is 0 Å². The standard InChI is InChI=1S/C12H15BrClN/c13-9-6-7-11(14)12(8-9)15-10-4-2-1-3-5-10/h6-8,10,15H,1-5H2. The molecule has 1 aliphatic carbocycles. The quantitative estimate of drug-likeness (QED) is 0.820. The number of halogens is 2. The monoisotopic (exact) mass is 287 g/mol. The Morgan fingerprint density at radius 3 is 2.67 bits per heavy atom. The molecule has 0 bridgehead atoms. The average molecular weight is 289 g/mol. The van der Waals surface area contributed by atoms with E-state index in [1.807, 2.05) is 12.1 Å². The largest absolute Gasteiger partial charge is 0.381 e. The maximum atomic E-state index is 6.13. The summed E-state index contributed by atoms with van der Waals surface area (Å²) in [5, 5.41) is 4.34. The Bertz CT molecular complexity index is 334. The van der Waals surface area contributed by atoms with Gasteiger partial charge in [-0.3, -0.25) is 0 Å². The first kappa shape index (κ1) is 11.3. The summed E-state index contributed by atoms with van der Waals surface area (Å²) in [7, 11) is 0. The minimum Gasteiger partial charge on any atom is -0.381 e. The molecule has 0 unspecified atom stereocenters. The first-order valence-electron chi connectivity index (χ1n) is 5.47. The number of hydrogen-bond donors (Lipinski definition) is 1. The summed E-state index contributed by atoms with van der Waals surface area (Å²) < 4.78 is 1.07. The van der Waals surface area contributed by atoms with Crippen LogP contribution in [0.1, 0.15) is 32.1 Å². The molecule has 1 saturated carbocycles. The van der Waals surface area contributed by atoms with Crippen LogP contribution in [0.4, 0.5) is 5.69 Å². The minimum atomic E-state index is 0.602. The fourth-order valence-electron chi connectivity index (χ4n) is 2.07. The summed E-state index contributed by atoms with van der Waals surface area (Å²) in [4.78, 5) is 0. The van der Waals surface area contributed by atoms with E-state index in [2.05, 4.69) is 27.3 Å². The Kier molecular flexibility index (Phi) is 3.92. The lowest BCUT2D eigenvalue weighted by Crippen LogP contribution is -2.22. The summed E-state index contributed by atoms with van der Waals surface area (Å²) in [6.45, 7) is 0. The van der Waals surface area contributed by atoms with Gasteiger partial charge in [0.05, 0.1) is 10.7 Å². The minimum absolute atomic E-state index is 0.602. The predicted octanol–water partition coefficient (Wildman–Crippen LogP) is 4.85. The number of benzene rings is 1. The Labute approximate surface area is 104 Å². The van der Waals surface area contributed by atoms with Crippen molar-refractivity contribution in [1.82, 2.24) is 0 Å². The van der Waals surface area contributed by atoms with Crippen LogP contribution in [0.5, 0.6) is 0 Å². The molecule has 0 amide bonds. The summed E-state index contributed by atoms with van der Waals surface area (Å²) in [5.74, 6) is 0. The van der Waals surface area contributed by atoms with Crippen LogP contribution in [0.3, 0.4) is 0 Å². The molecule has 0 atom stereocenters. The highest BCUT2D eigenvalue weighted by molar-refractivity contribution is 9.10. The van der Waals surface area contributed by atoms with Crippen LogP contribution in [0, 0.1) is 0 Å². The summed E-state index contributed by atoms with van der Waals surface area (Å²) in [6, 6.07) is 6.55. The maximum absolute atomic E-state index is 6.13. The van der Waals surface area contributed by atoms with Gasteiger partial charge >= 0.3 is 0 Å². The van der Waals surface area contributed by atoms with Gasteiger partial charge in [0.15, 0.2) is 0 Å². The lowest BCUT2D eigenvalue weighted by atomic mass is 9.95. The topological polar surface area (TPSA) is 12.0 Å². The first-order chi connectivity index (χ1) is 7.25. The van der Waals surface area contributed by atoms with Crippen molar-refractivity contribution in [2.45, 2.75) is 38.1 Å². The van der Waals surface area contributed by atoms with Gasteiger partial charge in [-0.1, -0.05) is 46.8 Å². The van der Waals surface area contributed by atoms with E-state index < -0.39 is 0 Å². The van der Waals surface area contributed by atoms with Crippen molar-refractivity contribution in [1.29, 1.82) is 0 Å². The van der Waals surface area contributed by atoms with Gasteiger partial charge in [0.1, 0.15) is 0 Å². The zero-order chi connectivity index (χ0) is 10.7. The molecular weight excluding hydrogens is 273 g/mol. The summed E-state index contributed by atoms with van der Waals surface area (Å²) >= 11 is 9.59. The second-order valence-electron chi connectivity index (χ2n) is 4.10. The Morgan fingerprint density at radius 1 is 1.20 bits per heavy atom. The molecule has 0 heterocycles. The molecule has 1 aliphatic rings. The second kappa shape index (κ2) is 5.22. The molecular formula is C12H15BrClN. The molecule has 82 valence electrons. The molecule has 2 rings (SSSR count). The van der Waals surface area contributed by atoms with Crippen molar-refractivity contribution in [3.05, 3.63) is 27.7 Å². The van der Waals surface area contributed by atoms with Crippen LogP contribution in [0.15, 0.2) is 22.7 Å². The van der Waals surface area contributed by atoms with Crippen LogP contribution >= 0.6 is 27.5 Å². The van der Waals surface area contributed by atoms with Crippen molar-refractivity contribution in [3.63, 3.8) is 0 Å². The van der Waals surface area contributed by atoms with Crippen molar-refractivity contribution < 1.29 is 0 Å². The second-order valence-corrected chi connectivity index (χ2v) is 5.43. The van der Waals surface area contributed by atoms with Crippen molar-refractivity contribution in [2.75, 3.05) is 5.32 Å². The van der Waals surface area contributed by atoms with Crippen molar-refractivity contribution in [2.24, 2.45) is 0 Å². The van der Waals surface area contributed by atoms with Gasteiger partial charge in [-0.25, -0.2) is 0 Å². The SMILES string of the molecule is Clc1ccc(Br)cc1NC1CCCCC1. The van der Waals surface area contributed by atoms with E-state index in [0.29, 0.717) is 6.04 Å². The lowest BCUT2D eigenvalue weighted by molar-refractivity contribution is 0.463. The smallest absolute Gasteiger partial charge is 0.0638 e. The molecule has 0 spiro atoms. The summed E-state index contributed by atoms with van der Waals surface area (Å²) in [6.07, 6.45) is 6.59. The molecule has 1 nitrogen and oxygen atoms in total. The third-order valence-corrected chi connectivity index (χ3v) is 3.72. The highest BCUT2D eigenvalue weighted by atomic mass is 79.9. The molecule has 0 saturated heterocycles. The van der Waals surface area contributed by atoms with E-state index in [4.69, 9.17) is 11.6 Å². The van der Waals surface area contributed by atoms with E-state index in [-0.39, 0.29) is 0 Å². The van der Waals surface area contributed by atoms with Crippen LogP contribution in [-0.4, -0.2) is 6.04 Å². The van der Waals surface area contributed by atoms with Crippen LogP contribution in [-0.2, 0) is 0 Å². The zero-order valence-corrected chi connectivity index (χ0v) is 10.9. The molecule has 1 fully saturated rings. The molecule has 0 radical (unpaired) electrons. The van der Waals surface area contributed by atoms with E-state index in [1.54, 1.807) is 0 Å². The van der Waals surface area contributed by atoms with Crippen LogP contribution in [0.25, 0.3) is 0 Å². The molecule has 1 N–H and O–H groups in total. The zero-order valence-electron chi connectivity index (χ0n) is 8.60. The number of rotatable bonds is 2. The van der Waals surface area contributed by atoms with Gasteiger partial charge in [-0.05, 0) is 31.0 Å². The Balaban J connectivity index is 2.05. The normalized spacial score (nSPS) is 17.7. The van der Waals surface area contributed by atoms with Crippen molar-refractivity contribution in [3.8, 4) is 0 Å². The molecule has 0 aromatic heterocycles. The highest BCUT2D eigenvalue weighted by Gasteiger charge is 2.14. The first-order valence-corrected chi connectivity index (χ1v) is 6.64. The number of hydrogen-bond acceptors (Lipinski definition) is 1. The van der Waals surface area contributed by atoms with Crippen LogP contribution < -0.4 is 5.32 Å². The van der Waals surface area contributed by atoms with Gasteiger partial charge in [0.2, 0.25) is 0 Å². The van der Waals surface area contributed by atoms with E-state index in [0.717, 1.165) is 15.2 Å². The van der Waals surface area contributed by atoms with E-state index in [1.165, 1.54) is 32.1 Å². The third kappa shape index (κ3) is 3.12. The maximum Gasteiger partial charge on any atom is 0.0638 e. The molecule has 15 heavy (non-hydrogen) atoms. The van der Waals surface area contributed by atoms with E-state index >= 15 is 0 Å². The molecule has 0 aliphatic heterocycles. The van der Waals surface area contributed by atoms with Gasteiger partial charge in [-0.2, -0.15) is 0 Å². The lowest BCUT2D eigenvalue weighted by Gasteiger charge is -2.24. The number of anilines is 1. The number of nitrogens with one attached hydrogen (secondary N) is 1. The average Bonchev–Trinajstić information content (AvgIpc) is 2.25. The van der Waals surface area contributed by atoms with Gasteiger partial charge in [-0.15, -0.1) is 0 Å². The molecule has 1 aromatic carbocycles. The van der Waals surface area contributed by atoms with Gasteiger partial charge < -0.3 is 5.32 Å². The molecule has 1 aromatic rings. The van der Waals surface area contributed by atoms with Gasteiger partial charge in [0.25, 0.3) is 0 Å². The Hall–Kier alpha value is -0.210. The van der Waals surface area contributed by atoms with Crippen molar-refractivity contribution >= 4 is 33.2 Å². The fraction of sp³-hybridized carbons (Fsp3) is 0.500. The summed E-state index contributed by atoms with van der Waals surface area (Å²) in [5.41, 5.74) is 1.05. The molecule has 3 heteroatoms. The predicted molar refractivity (Wildman–Crippen MR) is 69.6 cm³/mol. The van der Waals surface area contributed by atoms with Gasteiger partial charge in [0, 0.05) is 10.5 Å². The fourth-order valence-corrected chi connectivity index (χ4v) is 2.61. The Morgan fingerprint density at radius 2 is 1.93 bits per heavy atom. The van der Waals surface area contributed by atoms with Crippen LogP contribution in [0.2, 0.25) is 5.02 Å². The third-order valence-electron chi connectivity index (χ3n) is 2.89.